The molecule has 6 heteroatoms. The number of hydrogen-bond acceptors (Lipinski definition) is 6. The summed E-state index contributed by atoms with van der Waals surface area (Å²) in [6.07, 6.45) is 46.7. The van der Waals surface area contributed by atoms with Gasteiger partial charge in [-0.15, -0.1) is 0 Å². The van der Waals surface area contributed by atoms with E-state index in [2.05, 4.69) is 34.6 Å². The second-order valence-corrected chi connectivity index (χ2v) is 19.1. The van der Waals surface area contributed by atoms with Crippen LogP contribution in [-0.2, 0) is 28.6 Å². The lowest BCUT2D eigenvalue weighted by Crippen LogP contribution is -2.30. The topological polar surface area (TPSA) is 78.9 Å². The number of rotatable bonds is 47. The van der Waals surface area contributed by atoms with Gasteiger partial charge in [0.15, 0.2) is 6.10 Å². The second kappa shape index (κ2) is 45.9. The SMILES string of the molecule is CCCCCCCCCCCCCCCCCCC(=O)O[C@@H](COC(=O)CCCCCCCCCCCCCCC(C)C)COC(=O)CCCCCCCCCC(C)C. The van der Waals surface area contributed by atoms with Gasteiger partial charge >= 0.3 is 17.9 Å². The predicted molar refractivity (Wildman–Crippen MR) is 252 cm³/mol. The molecular formula is C53H102O6. The van der Waals surface area contributed by atoms with Crippen LogP contribution in [-0.4, -0.2) is 37.2 Å². The van der Waals surface area contributed by atoms with E-state index in [1.165, 1.54) is 180 Å². The quantitative estimate of drug-likeness (QED) is 0.0345. The zero-order valence-electron chi connectivity index (χ0n) is 40.4. The third-order valence-electron chi connectivity index (χ3n) is 12.0. The lowest BCUT2D eigenvalue weighted by atomic mass is 10.0. The highest BCUT2D eigenvalue weighted by molar-refractivity contribution is 5.71. The molecule has 6 nitrogen and oxygen atoms in total. The van der Waals surface area contributed by atoms with E-state index in [-0.39, 0.29) is 31.1 Å². The summed E-state index contributed by atoms with van der Waals surface area (Å²) in [5.74, 6) is 0.766. The Balaban J connectivity index is 4.29. The van der Waals surface area contributed by atoms with Crippen LogP contribution in [0.15, 0.2) is 0 Å². The fraction of sp³-hybridized carbons (Fsp3) is 0.943. The Bertz CT molecular complexity index is 900. The summed E-state index contributed by atoms with van der Waals surface area (Å²) in [6, 6.07) is 0. The minimum atomic E-state index is -0.762. The molecule has 0 N–H and O–H groups in total. The highest BCUT2D eigenvalue weighted by Gasteiger charge is 2.19. The van der Waals surface area contributed by atoms with Crippen molar-refractivity contribution in [2.45, 2.75) is 298 Å². The third kappa shape index (κ3) is 47.3. The van der Waals surface area contributed by atoms with E-state index in [0.717, 1.165) is 69.6 Å². The van der Waals surface area contributed by atoms with Crippen molar-refractivity contribution in [2.75, 3.05) is 13.2 Å². The van der Waals surface area contributed by atoms with E-state index >= 15 is 0 Å². The molecule has 0 rings (SSSR count). The highest BCUT2D eigenvalue weighted by Crippen LogP contribution is 2.17. The molecule has 0 aliphatic rings. The Morgan fingerprint density at radius 2 is 0.559 bits per heavy atom. The molecule has 0 aromatic rings. The van der Waals surface area contributed by atoms with Crippen molar-refractivity contribution in [3.63, 3.8) is 0 Å². The first-order chi connectivity index (χ1) is 28.7. The van der Waals surface area contributed by atoms with Crippen LogP contribution in [0.3, 0.4) is 0 Å². The Kier molecular flexibility index (Phi) is 44.7. The molecule has 0 unspecified atom stereocenters. The summed E-state index contributed by atoms with van der Waals surface area (Å²) in [4.78, 5) is 37.9. The van der Waals surface area contributed by atoms with E-state index in [0.29, 0.717) is 19.3 Å². The van der Waals surface area contributed by atoms with Crippen LogP contribution < -0.4 is 0 Å². The molecule has 0 bridgehead atoms. The fourth-order valence-electron chi connectivity index (χ4n) is 7.99. The molecule has 0 saturated heterocycles. The van der Waals surface area contributed by atoms with Gasteiger partial charge in [0.1, 0.15) is 13.2 Å². The highest BCUT2D eigenvalue weighted by atomic mass is 16.6. The van der Waals surface area contributed by atoms with Gasteiger partial charge in [-0.05, 0) is 31.1 Å². The van der Waals surface area contributed by atoms with Crippen molar-refractivity contribution in [1.82, 2.24) is 0 Å². The van der Waals surface area contributed by atoms with Gasteiger partial charge in [-0.25, -0.2) is 0 Å². The van der Waals surface area contributed by atoms with E-state index in [9.17, 15) is 14.4 Å². The lowest BCUT2D eigenvalue weighted by molar-refractivity contribution is -0.167. The summed E-state index contributed by atoms with van der Waals surface area (Å²) >= 11 is 0. The van der Waals surface area contributed by atoms with Gasteiger partial charge in [0, 0.05) is 19.3 Å². The maximum absolute atomic E-state index is 12.8. The summed E-state index contributed by atoms with van der Waals surface area (Å²) in [7, 11) is 0. The van der Waals surface area contributed by atoms with Gasteiger partial charge in [-0.3, -0.25) is 14.4 Å². The van der Waals surface area contributed by atoms with Crippen molar-refractivity contribution in [3.05, 3.63) is 0 Å². The number of unbranched alkanes of at least 4 members (excludes halogenated alkanes) is 32. The van der Waals surface area contributed by atoms with Gasteiger partial charge in [0.2, 0.25) is 0 Å². The van der Waals surface area contributed by atoms with E-state index in [1.54, 1.807) is 0 Å². The van der Waals surface area contributed by atoms with Crippen molar-refractivity contribution in [2.24, 2.45) is 11.8 Å². The molecule has 0 spiro atoms. The molecular weight excluding hydrogens is 733 g/mol. The average Bonchev–Trinajstić information content (AvgIpc) is 3.20. The van der Waals surface area contributed by atoms with Crippen molar-refractivity contribution < 1.29 is 28.6 Å². The molecule has 0 heterocycles. The van der Waals surface area contributed by atoms with Gasteiger partial charge in [-0.1, -0.05) is 253 Å². The molecule has 0 saturated carbocycles. The zero-order valence-corrected chi connectivity index (χ0v) is 40.4. The Morgan fingerprint density at radius 1 is 0.322 bits per heavy atom. The van der Waals surface area contributed by atoms with Crippen LogP contribution >= 0.6 is 0 Å². The maximum atomic E-state index is 12.8. The van der Waals surface area contributed by atoms with Crippen molar-refractivity contribution in [1.29, 1.82) is 0 Å². The minimum Gasteiger partial charge on any atom is -0.462 e. The van der Waals surface area contributed by atoms with Crippen LogP contribution in [0, 0.1) is 11.8 Å². The molecule has 0 amide bonds. The van der Waals surface area contributed by atoms with Crippen LogP contribution in [0.2, 0.25) is 0 Å². The first-order valence-corrected chi connectivity index (χ1v) is 26.2. The minimum absolute atomic E-state index is 0.0641. The Labute approximate surface area is 368 Å². The maximum Gasteiger partial charge on any atom is 0.306 e. The molecule has 1 atom stereocenters. The summed E-state index contributed by atoms with van der Waals surface area (Å²) in [6.45, 7) is 11.3. The normalized spacial score (nSPS) is 12.1. The standard InChI is InChI=1S/C53H102O6/c1-6-7-8-9-10-11-12-13-14-15-16-21-24-29-35-40-45-53(56)59-50(47-58-52(55)44-39-34-30-25-27-32-37-42-49(4)5)46-57-51(54)43-38-33-28-23-20-18-17-19-22-26-31-36-41-48(2)3/h48-50H,6-47H2,1-5H3/t50-/m0/s1. The third-order valence-corrected chi connectivity index (χ3v) is 12.0. The van der Waals surface area contributed by atoms with Crippen molar-refractivity contribution in [3.8, 4) is 0 Å². The van der Waals surface area contributed by atoms with Gasteiger partial charge in [0.05, 0.1) is 0 Å². The molecule has 0 aliphatic heterocycles. The number of carbonyl (C=O) groups excluding carboxylic acids is 3. The Hall–Kier alpha value is -1.59. The van der Waals surface area contributed by atoms with Gasteiger partial charge in [-0.2, -0.15) is 0 Å². The number of ether oxygens (including phenoxy) is 3. The van der Waals surface area contributed by atoms with Crippen LogP contribution in [0.25, 0.3) is 0 Å². The van der Waals surface area contributed by atoms with E-state index < -0.39 is 6.10 Å². The first-order valence-electron chi connectivity index (χ1n) is 26.2. The fourth-order valence-corrected chi connectivity index (χ4v) is 7.99. The lowest BCUT2D eigenvalue weighted by Gasteiger charge is -2.18. The molecule has 0 aliphatic carbocycles. The molecule has 59 heavy (non-hydrogen) atoms. The molecule has 0 fully saturated rings. The molecule has 0 aromatic carbocycles. The second-order valence-electron chi connectivity index (χ2n) is 19.1. The summed E-state index contributed by atoms with van der Waals surface area (Å²) < 4.78 is 16.8. The van der Waals surface area contributed by atoms with E-state index in [1.807, 2.05) is 0 Å². The van der Waals surface area contributed by atoms with E-state index in [4.69, 9.17) is 14.2 Å². The first kappa shape index (κ1) is 57.4. The monoisotopic (exact) mass is 835 g/mol. The zero-order chi connectivity index (χ0) is 43.3. The van der Waals surface area contributed by atoms with Crippen LogP contribution in [0.4, 0.5) is 0 Å². The summed E-state index contributed by atoms with van der Waals surface area (Å²) in [5.41, 5.74) is 0. The van der Waals surface area contributed by atoms with Crippen molar-refractivity contribution >= 4 is 17.9 Å². The molecule has 0 aromatic heterocycles. The molecule has 350 valence electrons. The van der Waals surface area contributed by atoms with Gasteiger partial charge in [0.25, 0.3) is 0 Å². The Morgan fingerprint density at radius 3 is 0.831 bits per heavy atom. The van der Waals surface area contributed by atoms with Gasteiger partial charge < -0.3 is 14.2 Å². The number of hydrogen-bond donors (Lipinski definition) is 0. The largest absolute Gasteiger partial charge is 0.462 e. The summed E-state index contributed by atoms with van der Waals surface area (Å²) in [5, 5.41) is 0. The van der Waals surface area contributed by atoms with Crippen LogP contribution in [0.5, 0.6) is 0 Å². The number of esters is 3. The molecule has 0 radical (unpaired) electrons. The predicted octanol–water partition coefficient (Wildman–Crippen LogP) is 16.9. The van der Waals surface area contributed by atoms with Crippen LogP contribution in [0.1, 0.15) is 291 Å². The average molecular weight is 835 g/mol. The number of carbonyl (C=O) groups is 3. The smallest absolute Gasteiger partial charge is 0.306 e.